The summed E-state index contributed by atoms with van der Waals surface area (Å²) in [4.78, 5) is 25.4. The lowest BCUT2D eigenvalue weighted by atomic mass is 10.1. The molecular weight excluding hydrogens is 340 g/mol. The van der Waals surface area contributed by atoms with Crippen LogP contribution in [0.5, 0.6) is 0 Å². The lowest BCUT2D eigenvalue weighted by molar-refractivity contribution is -0.120. The van der Waals surface area contributed by atoms with E-state index >= 15 is 0 Å². The number of benzene rings is 2. The molecule has 2 aromatic rings. The number of rotatable bonds is 7. The maximum absolute atomic E-state index is 11.9. The van der Waals surface area contributed by atoms with E-state index in [9.17, 15) is 9.59 Å². The molecule has 0 aromatic heterocycles. The van der Waals surface area contributed by atoms with Crippen molar-refractivity contribution in [2.45, 2.75) is 19.4 Å². The van der Waals surface area contributed by atoms with Crippen molar-refractivity contribution < 1.29 is 9.59 Å². The van der Waals surface area contributed by atoms with Crippen molar-refractivity contribution in [3.05, 3.63) is 65.7 Å². The van der Waals surface area contributed by atoms with Gasteiger partial charge in [0.25, 0.3) is 0 Å². The van der Waals surface area contributed by atoms with Crippen LogP contribution in [0.25, 0.3) is 0 Å². The smallest absolute Gasteiger partial charge is 0.315 e. The summed E-state index contributed by atoms with van der Waals surface area (Å²) < 4.78 is 0. The van der Waals surface area contributed by atoms with Gasteiger partial charge >= 0.3 is 6.03 Å². The van der Waals surface area contributed by atoms with E-state index in [1.54, 1.807) is 0 Å². The lowest BCUT2D eigenvalue weighted by Gasteiger charge is -2.28. The zero-order valence-electron chi connectivity index (χ0n) is 15.4. The van der Waals surface area contributed by atoms with Gasteiger partial charge in [-0.15, -0.1) is 0 Å². The topological polar surface area (TPSA) is 73.5 Å². The number of hydrogen-bond acceptors (Lipinski definition) is 3. The van der Waals surface area contributed by atoms with Crippen molar-refractivity contribution in [3.63, 3.8) is 0 Å². The molecule has 1 fully saturated rings. The SMILES string of the molecule is O=C1CN(c2ccc(CNC(=O)NCCCc3ccccc3)cc2)CCN1. The molecule has 0 atom stereocenters. The molecule has 3 amide bonds. The molecule has 142 valence electrons. The molecule has 1 aliphatic rings. The Hall–Kier alpha value is -3.02. The fourth-order valence-corrected chi connectivity index (χ4v) is 3.07. The summed E-state index contributed by atoms with van der Waals surface area (Å²) in [6, 6.07) is 18.1. The Bertz CT molecular complexity index is 747. The van der Waals surface area contributed by atoms with Gasteiger partial charge in [0.1, 0.15) is 0 Å². The summed E-state index contributed by atoms with van der Waals surface area (Å²) in [6.45, 7) is 3.01. The van der Waals surface area contributed by atoms with Gasteiger partial charge in [0, 0.05) is 31.9 Å². The molecule has 0 radical (unpaired) electrons. The minimum atomic E-state index is -0.153. The number of aryl methyl sites for hydroxylation is 1. The fourth-order valence-electron chi connectivity index (χ4n) is 3.07. The third-order valence-corrected chi connectivity index (χ3v) is 4.56. The van der Waals surface area contributed by atoms with E-state index in [1.807, 2.05) is 42.5 Å². The van der Waals surface area contributed by atoms with E-state index in [1.165, 1.54) is 5.56 Å². The Balaban J connectivity index is 1.35. The first-order chi connectivity index (χ1) is 13.2. The van der Waals surface area contributed by atoms with Gasteiger partial charge in [0.05, 0.1) is 6.54 Å². The van der Waals surface area contributed by atoms with E-state index < -0.39 is 0 Å². The van der Waals surface area contributed by atoms with Crippen LogP contribution in [0.15, 0.2) is 54.6 Å². The number of nitrogens with one attached hydrogen (secondary N) is 3. The molecule has 6 nitrogen and oxygen atoms in total. The van der Waals surface area contributed by atoms with Crippen molar-refractivity contribution >= 4 is 17.6 Å². The van der Waals surface area contributed by atoms with Crippen molar-refractivity contribution in [2.24, 2.45) is 0 Å². The van der Waals surface area contributed by atoms with Crippen LogP contribution < -0.4 is 20.9 Å². The number of carbonyl (C=O) groups is 2. The minimum absolute atomic E-state index is 0.0518. The number of carbonyl (C=O) groups excluding carboxylic acids is 2. The molecule has 1 saturated heterocycles. The summed E-state index contributed by atoms with van der Waals surface area (Å²) in [5.74, 6) is 0.0518. The van der Waals surface area contributed by atoms with E-state index in [0.717, 1.165) is 30.6 Å². The van der Waals surface area contributed by atoms with Crippen LogP contribution in [0.2, 0.25) is 0 Å². The number of amides is 3. The standard InChI is InChI=1S/C21H26N4O2/c26-20-16-25(14-13-22-20)19-10-8-18(9-11-19)15-24-21(27)23-12-4-7-17-5-2-1-3-6-17/h1-3,5-6,8-11H,4,7,12-16H2,(H,22,26)(H2,23,24,27). The molecule has 6 heteroatoms. The summed E-state index contributed by atoms with van der Waals surface area (Å²) in [6.07, 6.45) is 1.87. The zero-order valence-corrected chi connectivity index (χ0v) is 15.4. The molecule has 1 aliphatic heterocycles. The predicted octanol–water partition coefficient (Wildman–Crippen LogP) is 2.05. The van der Waals surface area contributed by atoms with Gasteiger partial charge in [-0.2, -0.15) is 0 Å². The second-order valence-electron chi connectivity index (χ2n) is 6.64. The van der Waals surface area contributed by atoms with Crippen molar-refractivity contribution in [1.82, 2.24) is 16.0 Å². The first kappa shape index (κ1) is 18.8. The van der Waals surface area contributed by atoms with Crippen molar-refractivity contribution in [3.8, 4) is 0 Å². The number of hydrogen-bond donors (Lipinski definition) is 3. The maximum Gasteiger partial charge on any atom is 0.315 e. The van der Waals surface area contributed by atoms with Crippen molar-refractivity contribution in [2.75, 3.05) is 31.1 Å². The van der Waals surface area contributed by atoms with E-state index in [-0.39, 0.29) is 11.9 Å². The van der Waals surface area contributed by atoms with Gasteiger partial charge in [-0.1, -0.05) is 42.5 Å². The summed E-state index contributed by atoms with van der Waals surface area (Å²) >= 11 is 0. The van der Waals surface area contributed by atoms with Gasteiger partial charge in [0.2, 0.25) is 5.91 Å². The fraction of sp³-hybridized carbons (Fsp3) is 0.333. The highest BCUT2D eigenvalue weighted by atomic mass is 16.2. The van der Waals surface area contributed by atoms with E-state index in [0.29, 0.717) is 26.2 Å². The Morgan fingerprint density at radius 1 is 1.00 bits per heavy atom. The van der Waals surface area contributed by atoms with Gasteiger partial charge < -0.3 is 20.9 Å². The Morgan fingerprint density at radius 2 is 1.78 bits per heavy atom. The zero-order chi connectivity index (χ0) is 18.9. The summed E-state index contributed by atoms with van der Waals surface area (Å²) in [5, 5.41) is 8.59. The number of piperazine rings is 1. The molecule has 0 saturated carbocycles. The second kappa shape index (κ2) is 9.62. The Kier molecular flexibility index (Phi) is 6.68. The van der Waals surface area contributed by atoms with E-state index in [4.69, 9.17) is 0 Å². The first-order valence-corrected chi connectivity index (χ1v) is 9.37. The normalized spacial score (nSPS) is 13.8. The molecule has 0 unspecified atom stereocenters. The quantitative estimate of drug-likeness (QED) is 0.657. The van der Waals surface area contributed by atoms with Crippen LogP contribution in [-0.2, 0) is 17.8 Å². The highest BCUT2D eigenvalue weighted by Crippen LogP contribution is 2.16. The minimum Gasteiger partial charge on any atom is -0.360 e. The first-order valence-electron chi connectivity index (χ1n) is 9.37. The lowest BCUT2D eigenvalue weighted by Crippen LogP contribution is -2.47. The molecule has 0 bridgehead atoms. The summed E-state index contributed by atoms with van der Waals surface area (Å²) in [7, 11) is 0. The Labute approximate surface area is 159 Å². The maximum atomic E-state index is 11.9. The van der Waals surface area contributed by atoms with Gasteiger partial charge in [-0.05, 0) is 36.1 Å². The van der Waals surface area contributed by atoms with Gasteiger partial charge in [0.15, 0.2) is 0 Å². The highest BCUT2D eigenvalue weighted by Gasteiger charge is 2.16. The molecular formula is C21H26N4O2. The van der Waals surface area contributed by atoms with Gasteiger partial charge in [-0.3, -0.25) is 4.79 Å². The number of anilines is 1. The van der Waals surface area contributed by atoms with Crippen LogP contribution in [0.4, 0.5) is 10.5 Å². The monoisotopic (exact) mass is 366 g/mol. The summed E-state index contributed by atoms with van der Waals surface area (Å²) in [5.41, 5.74) is 3.34. The molecule has 2 aromatic carbocycles. The molecule has 0 spiro atoms. The number of urea groups is 1. The molecule has 3 rings (SSSR count). The van der Waals surface area contributed by atoms with Crippen LogP contribution in [0.3, 0.4) is 0 Å². The molecule has 1 heterocycles. The second-order valence-corrected chi connectivity index (χ2v) is 6.64. The van der Waals surface area contributed by atoms with Crippen molar-refractivity contribution in [1.29, 1.82) is 0 Å². The highest BCUT2D eigenvalue weighted by molar-refractivity contribution is 5.82. The largest absolute Gasteiger partial charge is 0.360 e. The average Bonchev–Trinajstić information content (AvgIpc) is 2.71. The predicted molar refractivity (Wildman–Crippen MR) is 107 cm³/mol. The molecule has 27 heavy (non-hydrogen) atoms. The van der Waals surface area contributed by atoms with Crippen LogP contribution in [0, 0.1) is 0 Å². The van der Waals surface area contributed by atoms with E-state index in [2.05, 4.69) is 33.0 Å². The molecule has 3 N–H and O–H groups in total. The average molecular weight is 366 g/mol. The Morgan fingerprint density at radius 3 is 2.52 bits per heavy atom. The third-order valence-electron chi connectivity index (χ3n) is 4.56. The molecule has 0 aliphatic carbocycles. The van der Waals surface area contributed by atoms with Crippen LogP contribution >= 0.6 is 0 Å². The van der Waals surface area contributed by atoms with Crippen LogP contribution in [0.1, 0.15) is 17.5 Å². The van der Waals surface area contributed by atoms with Crippen LogP contribution in [-0.4, -0.2) is 38.1 Å². The third kappa shape index (κ3) is 6.02. The van der Waals surface area contributed by atoms with Gasteiger partial charge in [-0.25, -0.2) is 4.79 Å². The number of nitrogens with zero attached hydrogens (tertiary/aromatic N) is 1.